The SMILES string of the molecule is CN=C(NCCc1ccc(OCc2ccccc2)cc1)NCCC(F)(F)F. The molecule has 2 rings (SSSR count). The summed E-state index contributed by atoms with van der Waals surface area (Å²) in [6.07, 6.45) is -4.34. The molecule has 0 amide bonds. The number of guanidine groups is 1. The fraction of sp³-hybridized carbons (Fsp3) is 0.350. The summed E-state index contributed by atoms with van der Waals surface area (Å²) >= 11 is 0. The molecule has 0 bridgehead atoms. The van der Waals surface area contributed by atoms with Crippen molar-refractivity contribution in [2.75, 3.05) is 20.1 Å². The van der Waals surface area contributed by atoms with E-state index < -0.39 is 12.6 Å². The Hall–Kier alpha value is -2.70. The Morgan fingerprint density at radius 1 is 0.926 bits per heavy atom. The molecule has 146 valence electrons. The van der Waals surface area contributed by atoms with Gasteiger partial charge in [-0.05, 0) is 29.7 Å². The van der Waals surface area contributed by atoms with Gasteiger partial charge in [-0.1, -0.05) is 42.5 Å². The van der Waals surface area contributed by atoms with Crippen LogP contribution in [-0.4, -0.2) is 32.3 Å². The molecule has 0 aromatic heterocycles. The van der Waals surface area contributed by atoms with Crippen molar-refractivity contribution in [2.24, 2.45) is 4.99 Å². The number of hydrogen-bond donors (Lipinski definition) is 2. The maximum atomic E-state index is 12.2. The van der Waals surface area contributed by atoms with Crippen molar-refractivity contribution in [3.63, 3.8) is 0 Å². The highest BCUT2D eigenvalue weighted by atomic mass is 19.4. The van der Waals surface area contributed by atoms with Crippen molar-refractivity contribution in [1.29, 1.82) is 0 Å². The van der Waals surface area contributed by atoms with Crippen molar-refractivity contribution in [3.05, 3.63) is 65.7 Å². The molecule has 4 nitrogen and oxygen atoms in total. The molecule has 0 spiro atoms. The number of alkyl halides is 3. The zero-order chi connectivity index (χ0) is 19.5. The first-order valence-corrected chi connectivity index (χ1v) is 8.73. The van der Waals surface area contributed by atoms with Gasteiger partial charge >= 0.3 is 6.18 Å². The third-order valence-corrected chi connectivity index (χ3v) is 3.80. The standard InChI is InChI=1S/C20H24F3N3O/c1-24-19(26-14-12-20(21,22)23)25-13-11-16-7-9-18(10-8-16)27-15-17-5-3-2-4-6-17/h2-10H,11-15H2,1H3,(H2,24,25,26). The quantitative estimate of drug-likeness (QED) is 0.540. The molecular weight excluding hydrogens is 355 g/mol. The summed E-state index contributed by atoms with van der Waals surface area (Å²) in [5.41, 5.74) is 2.20. The Kier molecular flexibility index (Phi) is 7.98. The molecule has 0 radical (unpaired) electrons. The van der Waals surface area contributed by atoms with Crippen molar-refractivity contribution in [3.8, 4) is 5.75 Å². The second-order valence-corrected chi connectivity index (χ2v) is 5.96. The van der Waals surface area contributed by atoms with Crippen molar-refractivity contribution >= 4 is 5.96 Å². The van der Waals surface area contributed by atoms with E-state index in [1.165, 1.54) is 7.05 Å². The fourth-order valence-corrected chi connectivity index (χ4v) is 2.36. The van der Waals surface area contributed by atoms with Crippen LogP contribution in [0.15, 0.2) is 59.6 Å². The Bertz CT molecular complexity index is 701. The van der Waals surface area contributed by atoms with E-state index in [4.69, 9.17) is 4.74 Å². The second kappa shape index (κ2) is 10.4. The number of nitrogens with zero attached hydrogens (tertiary/aromatic N) is 1. The average molecular weight is 379 g/mol. The van der Waals surface area contributed by atoms with Crippen LogP contribution in [0.2, 0.25) is 0 Å². The van der Waals surface area contributed by atoms with Crippen LogP contribution in [0.1, 0.15) is 17.5 Å². The molecule has 0 atom stereocenters. The molecule has 2 N–H and O–H groups in total. The monoisotopic (exact) mass is 379 g/mol. The van der Waals surface area contributed by atoms with E-state index in [-0.39, 0.29) is 6.54 Å². The number of rotatable bonds is 8. The minimum Gasteiger partial charge on any atom is -0.489 e. The van der Waals surface area contributed by atoms with E-state index in [9.17, 15) is 13.2 Å². The van der Waals surface area contributed by atoms with Gasteiger partial charge in [-0.15, -0.1) is 0 Å². The number of halogens is 3. The molecule has 27 heavy (non-hydrogen) atoms. The highest BCUT2D eigenvalue weighted by Gasteiger charge is 2.26. The van der Waals surface area contributed by atoms with Crippen LogP contribution >= 0.6 is 0 Å². The normalized spacial score (nSPS) is 11.9. The van der Waals surface area contributed by atoms with Crippen LogP contribution in [-0.2, 0) is 13.0 Å². The molecule has 0 saturated heterocycles. The van der Waals surface area contributed by atoms with Gasteiger partial charge in [-0.3, -0.25) is 4.99 Å². The summed E-state index contributed by atoms with van der Waals surface area (Å²) in [5, 5.41) is 5.66. The Labute approximate surface area is 157 Å². The zero-order valence-corrected chi connectivity index (χ0v) is 15.2. The lowest BCUT2D eigenvalue weighted by molar-refractivity contribution is -0.132. The fourth-order valence-electron chi connectivity index (χ4n) is 2.36. The van der Waals surface area contributed by atoms with Gasteiger partial charge in [0.15, 0.2) is 5.96 Å². The number of hydrogen-bond acceptors (Lipinski definition) is 2. The van der Waals surface area contributed by atoms with Gasteiger partial charge in [0.1, 0.15) is 12.4 Å². The summed E-state index contributed by atoms with van der Waals surface area (Å²) in [5.74, 6) is 1.15. The number of benzene rings is 2. The average Bonchev–Trinajstić information content (AvgIpc) is 2.66. The molecule has 0 aliphatic carbocycles. The van der Waals surface area contributed by atoms with Crippen LogP contribution in [0.3, 0.4) is 0 Å². The van der Waals surface area contributed by atoms with E-state index in [0.717, 1.165) is 23.3 Å². The lowest BCUT2D eigenvalue weighted by Gasteiger charge is -2.13. The molecule has 0 aliphatic rings. The summed E-state index contributed by atoms with van der Waals surface area (Å²) in [4.78, 5) is 3.91. The summed E-state index contributed by atoms with van der Waals surface area (Å²) < 4.78 is 42.2. The first-order valence-electron chi connectivity index (χ1n) is 8.73. The zero-order valence-electron chi connectivity index (χ0n) is 15.2. The van der Waals surface area contributed by atoms with Gasteiger partial charge in [0.2, 0.25) is 0 Å². The van der Waals surface area contributed by atoms with Gasteiger partial charge in [-0.25, -0.2) is 0 Å². The highest BCUT2D eigenvalue weighted by Crippen LogP contribution is 2.18. The van der Waals surface area contributed by atoms with Gasteiger partial charge in [0.05, 0.1) is 6.42 Å². The number of nitrogens with one attached hydrogen (secondary N) is 2. The van der Waals surface area contributed by atoms with Crippen molar-refractivity contribution < 1.29 is 17.9 Å². The van der Waals surface area contributed by atoms with E-state index in [2.05, 4.69) is 15.6 Å². The van der Waals surface area contributed by atoms with Gasteiger partial charge in [0.25, 0.3) is 0 Å². The van der Waals surface area contributed by atoms with E-state index in [0.29, 0.717) is 19.1 Å². The molecule has 0 aliphatic heterocycles. The summed E-state index contributed by atoms with van der Waals surface area (Å²) in [6.45, 7) is 0.883. The number of aliphatic imine (C=N–C) groups is 1. The van der Waals surface area contributed by atoms with Crippen LogP contribution in [0.4, 0.5) is 13.2 Å². The predicted octanol–water partition coefficient (Wildman–Crippen LogP) is 3.93. The molecule has 2 aromatic carbocycles. The molecular formula is C20H24F3N3O. The third kappa shape index (κ3) is 8.48. The minimum absolute atomic E-state index is 0.198. The first-order chi connectivity index (χ1) is 13.0. The summed E-state index contributed by atoms with van der Waals surface area (Å²) in [6, 6.07) is 17.7. The Morgan fingerprint density at radius 3 is 2.22 bits per heavy atom. The largest absolute Gasteiger partial charge is 0.489 e. The van der Waals surface area contributed by atoms with Crippen LogP contribution in [0, 0.1) is 0 Å². The van der Waals surface area contributed by atoms with Gasteiger partial charge in [0, 0.05) is 20.1 Å². The first kappa shape index (κ1) is 20.6. The summed E-state index contributed by atoms with van der Waals surface area (Å²) in [7, 11) is 1.53. The number of ether oxygens (including phenoxy) is 1. The molecule has 2 aromatic rings. The van der Waals surface area contributed by atoms with E-state index in [1.807, 2.05) is 54.6 Å². The van der Waals surface area contributed by atoms with Crippen LogP contribution < -0.4 is 15.4 Å². The Morgan fingerprint density at radius 2 is 1.59 bits per heavy atom. The predicted molar refractivity (Wildman–Crippen MR) is 101 cm³/mol. The smallest absolute Gasteiger partial charge is 0.390 e. The molecule has 7 heteroatoms. The molecule has 0 unspecified atom stereocenters. The van der Waals surface area contributed by atoms with Crippen LogP contribution in [0.25, 0.3) is 0 Å². The lowest BCUT2D eigenvalue weighted by Crippen LogP contribution is -2.39. The maximum absolute atomic E-state index is 12.2. The topological polar surface area (TPSA) is 45.7 Å². The highest BCUT2D eigenvalue weighted by molar-refractivity contribution is 5.79. The van der Waals surface area contributed by atoms with E-state index in [1.54, 1.807) is 0 Å². The second-order valence-electron chi connectivity index (χ2n) is 5.96. The molecule has 0 heterocycles. The van der Waals surface area contributed by atoms with Gasteiger partial charge < -0.3 is 15.4 Å². The lowest BCUT2D eigenvalue weighted by atomic mass is 10.1. The maximum Gasteiger partial charge on any atom is 0.390 e. The van der Waals surface area contributed by atoms with Crippen LogP contribution in [0.5, 0.6) is 5.75 Å². The van der Waals surface area contributed by atoms with Crippen molar-refractivity contribution in [1.82, 2.24) is 10.6 Å². The van der Waals surface area contributed by atoms with E-state index >= 15 is 0 Å². The third-order valence-electron chi connectivity index (χ3n) is 3.80. The Balaban J connectivity index is 1.69. The molecule has 0 saturated carbocycles. The minimum atomic E-state index is -4.17. The van der Waals surface area contributed by atoms with Gasteiger partial charge in [-0.2, -0.15) is 13.2 Å². The van der Waals surface area contributed by atoms with Crippen molar-refractivity contribution in [2.45, 2.75) is 25.6 Å². The molecule has 0 fully saturated rings.